The quantitative estimate of drug-likeness (QED) is 0.0992. The van der Waals surface area contributed by atoms with Crippen molar-refractivity contribution in [2.24, 2.45) is 17.6 Å². The molecule has 0 radical (unpaired) electrons. The van der Waals surface area contributed by atoms with Crippen molar-refractivity contribution in [1.29, 1.82) is 5.41 Å². The maximum absolute atomic E-state index is 7.68. The van der Waals surface area contributed by atoms with Crippen molar-refractivity contribution in [3.8, 4) is 0 Å². The van der Waals surface area contributed by atoms with Crippen molar-refractivity contribution in [2.45, 2.75) is 20.8 Å². The number of benzene rings is 2. The number of thiocarbonyl (C=S) groups is 1. The molecule has 1 aliphatic rings. The van der Waals surface area contributed by atoms with Gasteiger partial charge in [0, 0.05) is 48.0 Å². The van der Waals surface area contributed by atoms with Crippen molar-refractivity contribution in [3.63, 3.8) is 0 Å². The third-order valence-corrected chi connectivity index (χ3v) is 7.51. The molecule has 1 aliphatic heterocycles. The number of nitrogens with zero attached hydrogens (tertiary/aromatic N) is 3. The number of fused-ring (bicyclic) bond motifs is 1. The largest absolute Gasteiger partial charge is 0.457 e. The van der Waals surface area contributed by atoms with Crippen molar-refractivity contribution < 1.29 is 4.42 Å². The summed E-state index contributed by atoms with van der Waals surface area (Å²) < 4.78 is 6.01. The Labute approximate surface area is 245 Å². The highest BCUT2D eigenvalue weighted by molar-refractivity contribution is 7.80. The van der Waals surface area contributed by atoms with Crippen LogP contribution in [0.4, 0.5) is 17.5 Å². The minimum atomic E-state index is 0.0505. The summed E-state index contributed by atoms with van der Waals surface area (Å²) in [4.78, 5) is 11.6. The number of anilines is 3. The fraction of sp³-hybridized carbons (Fsp3) is 0.290. The van der Waals surface area contributed by atoms with Crippen LogP contribution in [0.2, 0.25) is 0 Å². The van der Waals surface area contributed by atoms with Crippen LogP contribution >= 0.6 is 12.2 Å². The number of rotatable bonds is 9. The molecule has 5 rings (SSSR count). The Morgan fingerprint density at radius 1 is 1.10 bits per heavy atom. The molecule has 0 amide bonds. The Bertz CT molecular complexity index is 1580. The molecule has 3 heterocycles. The van der Waals surface area contributed by atoms with E-state index in [2.05, 4.69) is 49.9 Å². The Morgan fingerprint density at radius 3 is 2.66 bits per heavy atom. The minimum absolute atomic E-state index is 0.0505. The van der Waals surface area contributed by atoms with Crippen LogP contribution in [0.1, 0.15) is 29.5 Å². The molecule has 0 bridgehead atoms. The first-order valence-corrected chi connectivity index (χ1v) is 14.2. The van der Waals surface area contributed by atoms with Crippen molar-refractivity contribution in [1.82, 2.24) is 14.9 Å². The molecule has 9 nitrogen and oxygen atoms in total. The van der Waals surface area contributed by atoms with Gasteiger partial charge in [0.05, 0.1) is 0 Å². The van der Waals surface area contributed by atoms with Gasteiger partial charge in [-0.3, -0.25) is 5.41 Å². The third kappa shape index (κ3) is 7.27. The van der Waals surface area contributed by atoms with Crippen LogP contribution in [-0.4, -0.2) is 52.0 Å². The highest BCUT2D eigenvalue weighted by Crippen LogP contribution is 2.28. The lowest BCUT2D eigenvalue weighted by atomic mass is 9.95. The zero-order valence-electron chi connectivity index (χ0n) is 23.6. The monoisotopic (exact) mass is 568 g/mol. The van der Waals surface area contributed by atoms with Gasteiger partial charge in [-0.2, -0.15) is 4.98 Å². The third-order valence-electron chi connectivity index (χ3n) is 7.30. The second kappa shape index (κ2) is 12.5. The molecule has 2 unspecified atom stereocenters. The molecule has 1 saturated heterocycles. The number of amidine groups is 1. The van der Waals surface area contributed by atoms with E-state index in [1.54, 1.807) is 0 Å². The van der Waals surface area contributed by atoms with Crippen LogP contribution in [0.25, 0.3) is 17.0 Å². The average Bonchev–Trinajstić information content (AvgIpc) is 3.54. The van der Waals surface area contributed by atoms with Gasteiger partial charge in [0.1, 0.15) is 23.0 Å². The number of nitrogen functional groups attached to an aromatic ring is 1. The lowest BCUT2D eigenvalue weighted by Crippen LogP contribution is -2.24. The van der Waals surface area contributed by atoms with Gasteiger partial charge in [-0.15, -0.1) is 0 Å². The maximum Gasteiger partial charge on any atom is 0.231 e. The molecule has 10 heteroatoms. The topological polar surface area (TPSA) is 128 Å². The molecule has 1 fully saturated rings. The van der Waals surface area contributed by atoms with E-state index in [1.165, 1.54) is 5.56 Å². The number of aromatic nitrogens is 2. The van der Waals surface area contributed by atoms with E-state index >= 15 is 0 Å². The normalized spacial score (nSPS) is 17.2. The summed E-state index contributed by atoms with van der Waals surface area (Å²) in [6, 6.07) is 17.5. The zero-order valence-corrected chi connectivity index (χ0v) is 24.4. The van der Waals surface area contributed by atoms with E-state index in [1.807, 2.05) is 68.4 Å². The van der Waals surface area contributed by atoms with E-state index in [-0.39, 0.29) is 5.84 Å². The maximum atomic E-state index is 7.68. The molecular weight excluding hydrogens is 532 g/mol. The van der Waals surface area contributed by atoms with Crippen LogP contribution in [0.5, 0.6) is 0 Å². The van der Waals surface area contributed by atoms with E-state index < -0.39 is 0 Å². The minimum Gasteiger partial charge on any atom is -0.457 e. The highest BCUT2D eigenvalue weighted by Gasteiger charge is 2.30. The number of aryl methyl sites for hydroxylation is 2. The molecule has 0 aliphatic carbocycles. The fourth-order valence-corrected chi connectivity index (χ4v) is 5.27. The summed E-state index contributed by atoms with van der Waals surface area (Å²) in [5.41, 5.74) is 10.1. The molecule has 2 aromatic carbocycles. The first-order chi connectivity index (χ1) is 19.7. The van der Waals surface area contributed by atoms with Gasteiger partial charge < -0.3 is 31.0 Å². The summed E-state index contributed by atoms with van der Waals surface area (Å²) >= 11 is 5.48. The van der Waals surface area contributed by atoms with Crippen molar-refractivity contribution in [3.05, 3.63) is 83.3 Å². The van der Waals surface area contributed by atoms with Crippen LogP contribution in [0, 0.1) is 31.1 Å². The first kappa shape index (κ1) is 28.3. The summed E-state index contributed by atoms with van der Waals surface area (Å²) in [7, 11) is 0. The summed E-state index contributed by atoms with van der Waals surface area (Å²) in [6.45, 7) is 9.96. The molecular formula is C31H36N8OS. The number of nitrogens with one attached hydrogen (secondary N) is 4. The van der Waals surface area contributed by atoms with Gasteiger partial charge in [0.25, 0.3) is 0 Å². The van der Waals surface area contributed by atoms with E-state index in [4.69, 9.17) is 27.8 Å². The van der Waals surface area contributed by atoms with Gasteiger partial charge in [0.2, 0.25) is 5.95 Å². The Balaban J connectivity index is 1.23. The lowest BCUT2D eigenvalue weighted by molar-refractivity contribution is 0.343. The molecule has 0 saturated carbocycles. The van der Waals surface area contributed by atoms with E-state index in [9.17, 15) is 0 Å². The standard InChI is InChI=1S/C31H36N8OS/c1-4-39-17-22(7-11-26-15-23-14-21(29(32)33)8-12-27(23)40-26)24(18-39)16-34-28-13-20(3)35-30(37-28)38-31(41)36-25-9-5-19(2)6-10-25/h5-15,22,24H,4,16-18H2,1-3H3,(H3,32,33)(H3,34,35,36,37,38,41)/b11-7+. The number of hydrogen-bond donors (Lipinski definition) is 5. The highest BCUT2D eigenvalue weighted by atomic mass is 32.1. The molecule has 212 valence electrons. The number of nitrogens with two attached hydrogens (primary N) is 1. The van der Waals surface area contributed by atoms with Crippen LogP contribution in [0.3, 0.4) is 0 Å². The molecule has 4 aromatic rings. The number of hydrogen-bond acceptors (Lipinski definition) is 7. The molecule has 2 aromatic heterocycles. The number of likely N-dealkylation sites (tertiary alicyclic amines) is 1. The molecule has 41 heavy (non-hydrogen) atoms. The average molecular weight is 569 g/mol. The Morgan fingerprint density at radius 2 is 1.90 bits per heavy atom. The van der Waals surface area contributed by atoms with E-state index in [0.29, 0.717) is 28.5 Å². The smallest absolute Gasteiger partial charge is 0.231 e. The molecule has 2 atom stereocenters. The summed E-state index contributed by atoms with van der Waals surface area (Å²) in [5, 5.41) is 18.9. The second-order valence-electron chi connectivity index (χ2n) is 10.5. The molecule has 6 N–H and O–H groups in total. The van der Waals surface area contributed by atoms with Crippen LogP contribution < -0.4 is 21.7 Å². The van der Waals surface area contributed by atoms with E-state index in [0.717, 1.165) is 60.1 Å². The fourth-order valence-electron chi connectivity index (χ4n) is 5.06. The first-order valence-electron chi connectivity index (χ1n) is 13.8. The Hall–Kier alpha value is -4.28. The SMILES string of the molecule is CCN1CC(/C=C/c2cc3cc(C(=N)N)ccc3o2)C(CNc2cc(C)nc(NC(=S)Nc3ccc(C)cc3)n2)C1. The van der Waals surface area contributed by atoms with Crippen molar-refractivity contribution >= 4 is 57.7 Å². The predicted molar refractivity (Wildman–Crippen MR) is 172 cm³/mol. The zero-order chi connectivity index (χ0) is 28.9. The van der Waals surface area contributed by atoms with Gasteiger partial charge in [-0.1, -0.05) is 30.7 Å². The Kier molecular flexibility index (Phi) is 8.61. The second-order valence-corrected chi connectivity index (χ2v) is 10.9. The van der Waals surface area contributed by atoms with Gasteiger partial charge >= 0.3 is 0 Å². The van der Waals surface area contributed by atoms with Crippen LogP contribution in [0.15, 0.2) is 65.1 Å². The van der Waals surface area contributed by atoms with Crippen molar-refractivity contribution in [2.75, 3.05) is 42.1 Å². The van der Waals surface area contributed by atoms with Gasteiger partial charge in [-0.05, 0) is 86.9 Å². The molecule has 0 spiro atoms. The van der Waals surface area contributed by atoms with Crippen LogP contribution in [-0.2, 0) is 0 Å². The lowest BCUT2D eigenvalue weighted by Gasteiger charge is -2.17. The predicted octanol–water partition coefficient (Wildman–Crippen LogP) is 5.63. The van der Waals surface area contributed by atoms with Gasteiger partial charge in [-0.25, -0.2) is 4.98 Å². The summed E-state index contributed by atoms with van der Waals surface area (Å²) in [6.07, 6.45) is 4.31. The van der Waals surface area contributed by atoms with Gasteiger partial charge in [0.15, 0.2) is 5.11 Å². The number of furan rings is 1. The summed E-state index contributed by atoms with van der Waals surface area (Å²) in [5.74, 6) is 2.81.